The van der Waals surface area contributed by atoms with Gasteiger partial charge in [0.05, 0.1) is 18.3 Å². The highest BCUT2D eigenvalue weighted by Gasteiger charge is 2.06. The number of fused-ring (bicyclic) bond motifs is 1. The van der Waals surface area contributed by atoms with E-state index in [1.54, 1.807) is 0 Å². The molecule has 2 N–H and O–H groups in total. The standard InChI is InChI=1S/C11H13N5/c1-16-10-6-9(3-2-8(10)7-14-16)15-11-12-4-5-13-11/h2-3,6-7H,4-5H2,1H3,(H2,12,13,15). The van der Waals surface area contributed by atoms with Gasteiger partial charge in [-0.05, 0) is 18.2 Å². The van der Waals surface area contributed by atoms with Crippen LogP contribution in [0.25, 0.3) is 10.9 Å². The van der Waals surface area contributed by atoms with E-state index in [9.17, 15) is 0 Å². The Labute approximate surface area is 93.2 Å². The molecule has 2 aromatic rings. The molecule has 0 saturated carbocycles. The van der Waals surface area contributed by atoms with Crippen molar-refractivity contribution in [1.29, 1.82) is 0 Å². The maximum atomic E-state index is 4.29. The van der Waals surface area contributed by atoms with Gasteiger partial charge in [-0.2, -0.15) is 5.10 Å². The summed E-state index contributed by atoms with van der Waals surface area (Å²) < 4.78 is 1.87. The van der Waals surface area contributed by atoms with Gasteiger partial charge < -0.3 is 10.6 Å². The Bertz CT molecular complexity index is 555. The van der Waals surface area contributed by atoms with Crippen molar-refractivity contribution in [1.82, 2.24) is 15.1 Å². The SMILES string of the molecule is Cn1ncc2ccc(NC3=NCCN3)cc21. The van der Waals surface area contributed by atoms with Gasteiger partial charge in [-0.3, -0.25) is 9.67 Å². The quantitative estimate of drug-likeness (QED) is 0.744. The number of aliphatic imine (C=N–C) groups is 1. The molecule has 0 spiro atoms. The molecule has 0 fully saturated rings. The van der Waals surface area contributed by atoms with E-state index in [-0.39, 0.29) is 0 Å². The lowest BCUT2D eigenvalue weighted by atomic mass is 10.2. The summed E-state index contributed by atoms with van der Waals surface area (Å²) in [5, 5.41) is 11.8. The first-order valence-corrected chi connectivity index (χ1v) is 5.30. The number of hydrogen-bond acceptors (Lipinski definition) is 4. The first-order valence-electron chi connectivity index (χ1n) is 5.30. The molecule has 1 aromatic heterocycles. The van der Waals surface area contributed by atoms with Crippen LogP contribution in [0.4, 0.5) is 5.69 Å². The number of benzene rings is 1. The Morgan fingerprint density at radius 3 is 3.19 bits per heavy atom. The van der Waals surface area contributed by atoms with Crippen molar-refractivity contribution in [3.05, 3.63) is 24.4 Å². The normalized spacial score (nSPS) is 14.9. The molecule has 5 nitrogen and oxygen atoms in total. The lowest BCUT2D eigenvalue weighted by Crippen LogP contribution is -2.26. The second-order valence-corrected chi connectivity index (χ2v) is 3.82. The van der Waals surface area contributed by atoms with E-state index in [1.807, 2.05) is 24.0 Å². The second-order valence-electron chi connectivity index (χ2n) is 3.82. The van der Waals surface area contributed by atoms with Crippen LogP contribution < -0.4 is 10.6 Å². The van der Waals surface area contributed by atoms with Gasteiger partial charge in [0.25, 0.3) is 0 Å². The zero-order valence-corrected chi connectivity index (χ0v) is 9.07. The van der Waals surface area contributed by atoms with Crippen LogP contribution in [0.1, 0.15) is 0 Å². The molecule has 1 aliphatic heterocycles. The van der Waals surface area contributed by atoms with Crippen LogP contribution >= 0.6 is 0 Å². The number of guanidine groups is 1. The van der Waals surface area contributed by atoms with E-state index in [4.69, 9.17) is 0 Å². The van der Waals surface area contributed by atoms with Gasteiger partial charge in [0.2, 0.25) is 0 Å². The highest BCUT2D eigenvalue weighted by Crippen LogP contribution is 2.18. The first-order chi connectivity index (χ1) is 7.83. The molecule has 0 unspecified atom stereocenters. The van der Waals surface area contributed by atoms with Crippen molar-refractivity contribution in [3.8, 4) is 0 Å². The molecule has 16 heavy (non-hydrogen) atoms. The predicted molar refractivity (Wildman–Crippen MR) is 64.6 cm³/mol. The van der Waals surface area contributed by atoms with Gasteiger partial charge in [0.1, 0.15) is 0 Å². The maximum Gasteiger partial charge on any atom is 0.195 e. The summed E-state index contributed by atoms with van der Waals surface area (Å²) in [6.45, 7) is 1.76. The average Bonchev–Trinajstić information content (AvgIpc) is 2.90. The summed E-state index contributed by atoms with van der Waals surface area (Å²) >= 11 is 0. The molecule has 0 amide bonds. The highest BCUT2D eigenvalue weighted by atomic mass is 15.3. The van der Waals surface area contributed by atoms with Crippen molar-refractivity contribution in [2.75, 3.05) is 18.4 Å². The van der Waals surface area contributed by atoms with Crippen LogP contribution in [-0.4, -0.2) is 28.8 Å². The topological polar surface area (TPSA) is 54.2 Å². The molecule has 82 valence electrons. The van der Waals surface area contributed by atoms with Crippen molar-refractivity contribution in [3.63, 3.8) is 0 Å². The third-order valence-corrected chi connectivity index (χ3v) is 2.69. The van der Waals surface area contributed by atoms with Gasteiger partial charge in [-0.1, -0.05) is 0 Å². The summed E-state index contributed by atoms with van der Waals surface area (Å²) in [6, 6.07) is 6.16. The Morgan fingerprint density at radius 1 is 1.44 bits per heavy atom. The molecular formula is C11H13N5. The van der Waals surface area contributed by atoms with E-state index >= 15 is 0 Å². The summed E-state index contributed by atoms with van der Waals surface area (Å²) in [5.41, 5.74) is 2.15. The Kier molecular flexibility index (Phi) is 2.02. The number of aromatic nitrogens is 2. The van der Waals surface area contributed by atoms with Gasteiger partial charge in [0, 0.05) is 24.7 Å². The number of rotatable bonds is 1. The summed E-state index contributed by atoms with van der Waals surface area (Å²) in [7, 11) is 1.94. The first kappa shape index (κ1) is 9.21. The van der Waals surface area contributed by atoms with Gasteiger partial charge in [-0.25, -0.2) is 0 Å². The summed E-state index contributed by atoms with van der Waals surface area (Å²) in [6.07, 6.45) is 1.87. The van der Waals surface area contributed by atoms with Gasteiger partial charge in [0.15, 0.2) is 5.96 Å². The molecule has 0 atom stereocenters. The van der Waals surface area contributed by atoms with Crippen LogP contribution in [-0.2, 0) is 7.05 Å². The zero-order chi connectivity index (χ0) is 11.0. The number of anilines is 1. The van der Waals surface area contributed by atoms with Crippen LogP contribution in [0.5, 0.6) is 0 Å². The Balaban J connectivity index is 1.94. The van der Waals surface area contributed by atoms with Crippen LogP contribution in [0, 0.1) is 0 Å². The van der Waals surface area contributed by atoms with E-state index < -0.39 is 0 Å². The molecule has 0 aliphatic carbocycles. The largest absolute Gasteiger partial charge is 0.354 e. The van der Waals surface area contributed by atoms with E-state index in [2.05, 4.69) is 32.9 Å². The van der Waals surface area contributed by atoms with E-state index in [1.165, 1.54) is 0 Å². The molecule has 0 radical (unpaired) electrons. The summed E-state index contributed by atoms with van der Waals surface area (Å²) in [5.74, 6) is 0.849. The van der Waals surface area contributed by atoms with Crippen molar-refractivity contribution < 1.29 is 0 Å². The lowest BCUT2D eigenvalue weighted by Gasteiger charge is -2.06. The Hall–Kier alpha value is -2.04. The zero-order valence-electron chi connectivity index (χ0n) is 9.07. The second kappa shape index (κ2) is 3.52. The van der Waals surface area contributed by atoms with Crippen molar-refractivity contribution in [2.45, 2.75) is 0 Å². The molecule has 0 saturated heterocycles. The highest BCUT2D eigenvalue weighted by molar-refractivity contribution is 5.96. The van der Waals surface area contributed by atoms with Crippen LogP contribution in [0.2, 0.25) is 0 Å². The Morgan fingerprint density at radius 2 is 2.38 bits per heavy atom. The van der Waals surface area contributed by atoms with Crippen molar-refractivity contribution in [2.24, 2.45) is 12.0 Å². The molecule has 0 bridgehead atoms. The number of nitrogens with one attached hydrogen (secondary N) is 2. The van der Waals surface area contributed by atoms with Crippen LogP contribution in [0.3, 0.4) is 0 Å². The number of nitrogens with zero attached hydrogens (tertiary/aromatic N) is 3. The van der Waals surface area contributed by atoms with Gasteiger partial charge >= 0.3 is 0 Å². The maximum absolute atomic E-state index is 4.29. The van der Waals surface area contributed by atoms with Gasteiger partial charge in [-0.15, -0.1) is 0 Å². The van der Waals surface area contributed by atoms with E-state index in [0.29, 0.717) is 0 Å². The fraction of sp³-hybridized carbons (Fsp3) is 0.273. The number of aryl methyl sites for hydroxylation is 1. The monoisotopic (exact) mass is 215 g/mol. The molecule has 1 aromatic carbocycles. The fourth-order valence-electron chi connectivity index (χ4n) is 1.84. The average molecular weight is 215 g/mol. The third kappa shape index (κ3) is 1.50. The fourth-order valence-corrected chi connectivity index (χ4v) is 1.84. The number of hydrogen-bond donors (Lipinski definition) is 2. The smallest absolute Gasteiger partial charge is 0.195 e. The molecule has 1 aliphatic rings. The molecular weight excluding hydrogens is 202 g/mol. The van der Waals surface area contributed by atoms with E-state index in [0.717, 1.165) is 35.6 Å². The minimum absolute atomic E-state index is 0.844. The molecule has 2 heterocycles. The minimum Gasteiger partial charge on any atom is -0.354 e. The molecule has 5 heteroatoms. The lowest BCUT2D eigenvalue weighted by molar-refractivity contribution is 0.797. The third-order valence-electron chi connectivity index (χ3n) is 2.69. The van der Waals surface area contributed by atoms with Crippen molar-refractivity contribution >= 4 is 22.5 Å². The summed E-state index contributed by atoms with van der Waals surface area (Å²) in [4.78, 5) is 4.29. The minimum atomic E-state index is 0.844. The molecule has 3 rings (SSSR count). The predicted octanol–water partition coefficient (Wildman–Crippen LogP) is 0.944. The van der Waals surface area contributed by atoms with Crippen LogP contribution in [0.15, 0.2) is 29.4 Å².